The van der Waals surface area contributed by atoms with Gasteiger partial charge >= 0.3 is 0 Å². The van der Waals surface area contributed by atoms with Gasteiger partial charge in [-0.25, -0.2) is 0 Å². The molecule has 0 N–H and O–H groups in total. The number of rotatable bonds is 2. The second-order valence-electron chi connectivity index (χ2n) is 7.07. The fourth-order valence-electron chi connectivity index (χ4n) is 4.37. The van der Waals surface area contributed by atoms with Crippen LogP contribution in [0, 0.1) is 0 Å². The van der Waals surface area contributed by atoms with E-state index in [1.807, 2.05) is 37.5 Å². The standard InChI is InChI=1S/C22H18NO6.ClH/c1-23-8-14-20(18(25-3)7-19-22(14)29-10-28-19)13-6-15(24-2)11-4-16-17(27-9-26-16)5-12(11)21(13)23;/h4-8H,9-10H2,1-3H3;1H/q+1;/p-1. The molecule has 8 heteroatoms. The van der Waals surface area contributed by atoms with Crippen molar-refractivity contribution in [3.63, 3.8) is 0 Å². The van der Waals surface area contributed by atoms with E-state index in [2.05, 4.69) is 4.57 Å². The summed E-state index contributed by atoms with van der Waals surface area (Å²) in [5.41, 5.74) is 1.03. The molecule has 0 spiro atoms. The van der Waals surface area contributed by atoms with Crippen LogP contribution in [0.1, 0.15) is 0 Å². The maximum Gasteiger partial charge on any atom is 0.231 e. The Hall–Kier alpha value is -3.32. The second kappa shape index (κ2) is 6.60. The molecule has 7 nitrogen and oxygen atoms in total. The summed E-state index contributed by atoms with van der Waals surface area (Å²) in [6, 6.07) is 7.89. The van der Waals surface area contributed by atoms with Crippen molar-refractivity contribution in [1.82, 2.24) is 0 Å². The van der Waals surface area contributed by atoms with Crippen molar-refractivity contribution in [3.8, 4) is 34.5 Å². The van der Waals surface area contributed by atoms with Crippen molar-refractivity contribution in [2.45, 2.75) is 0 Å². The normalized spacial score (nSPS) is 13.7. The van der Waals surface area contributed by atoms with Crippen LogP contribution in [0.25, 0.3) is 32.4 Å². The smallest absolute Gasteiger partial charge is 0.231 e. The van der Waals surface area contributed by atoms with Crippen molar-refractivity contribution < 1.29 is 45.4 Å². The summed E-state index contributed by atoms with van der Waals surface area (Å²) < 4.78 is 36.1. The molecule has 0 amide bonds. The third kappa shape index (κ3) is 2.35. The number of aromatic nitrogens is 1. The van der Waals surface area contributed by atoms with Gasteiger partial charge in [0, 0.05) is 16.8 Å². The van der Waals surface area contributed by atoms with Crippen LogP contribution in [-0.4, -0.2) is 27.8 Å². The molecule has 0 unspecified atom stereocenters. The molecule has 2 aliphatic heterocycles. The molecule has 0 radical (unpaired) electrons. The molecule has 1 aromatic heterocycles. The zero-order valence-corrected chi connectivity index (χ0v) is 17.3. The van der Waals surface area contributed by atoms with Gasteiger partial charge in [-0.15, -0.1) is 0 Å². The van der Waals surface area contributed by atoms with Crippen molar-refractivity contribution >= 4 is 32.4 Å². The van der Waals surface area contributed by atoms with Gasteiger partial charge in [0.1, 0.15) is 18.5 Å². The van der Waals surface area contributed by atoms with Gasteiger partial charge in [-0.2, -0.15) is 4.57 Å². The Labute approximate surface area is 178 Å². The SMILES string of the molecule is COc1cc2c3c(OC)cc4c(c3c[n+](C)c2c2cc3c(cc12)OCO3)OCO4.[Cl-]. The van der Waals surface area contributed by atoms with Gasteiger partial charge in [-0.1, -0.05) is 0 Å². The Morgan fingerprint density at radius 1 is 0.733 bits per heavy atom. The summed E-state index contributed by atoms with van der Waals surface area (Å²) in [7, 11) is 5.34. The topological polar surface area (TPSA) is 59.3 Å². The molecule has 154 valence electrons. The van der Waals surface area contributed by atoms with E-state index in [-0.39, 0.29) is 26.0 Å². The molecule has 0 saturated carbocycles. The lowest BCUT2D eigenvalue weighted by molar-refractivity contribution is -0.642. The summed E-state index contributed by atoms with van der Waals surface area (Å²) in [4.78, 5) is 0. The van der Waals surface area contributed by atoms with Crippen LogP contribution in [0.4, 0.5) is 0 Å². The molecule has 0 aliphatic carbocycles. The molecule has 0 saturated heterocycles. The van der Waals surface area contributed by atoms with Gasteiger partial charge in [-0.05, 0) is 18.2 Å². The predicted octanol–water partition coefficient (Wildman–Crippen LogP) is 0.449. The van der Waals surface area contributed by atoms with Crippen molar-refractivity contribution in [2.24, 2.45) is 7.05 Å². The average Bonchev–Trinajstić information content (AvgIpc) is 3.39. The van der Waals surface area contributed by atoms with Crippen LogP contribution in [0.5, 0.6) is 34.5 Å². The van der Waals surface area contributed by atoms with E-state index < -0.39 is 0 Å². The molecule has 30 heavy (non-hydrogen) atoms. The number of nitrogens with zero attached hydrogens (tertiary/aromatic N) is 1. The Morgan fingerprint density at radius 2 is 1.40 bits per heavy atom. The van der Waals surface area contributed by atoms with Crippen LogP contribution in [0.3, 0.4) is 0 Å². The highest BCUT2D eigenvalue weighted by Gasteiger charge is 2.28. The third-order valence-electron chi connectivity index (χ3n) is 5.61. The molecular weight excluding hydrogens is 410 g/mol. The highest BCUT2D eigenvalue weighted by atomic mass is 35.5. The number of hydrogen-bond acceptors (Lipinski definition) is 6. The van der Waals surface area contributed by atoms with Gasteiger partial charge in [-0.3, -0.25) is 0 Å². The molecule has 6 rings (SSSR count). The molecule has 4 aromatic rings. The highest BCUT2D eigenvalue weighted by Crippen LogP contribution is 2.48. The number of halogens is 1. The number of fused-ring (bicyclic) bond motifs is 8. The first-order valence-electron chi connectivity index (χ1n) is 9.22. The Kier molecular flexibility index (Phi) is 4.11. The largest absolute Gasteiger partial charge is 1.00 e. The van der Waals surface area contributed by atoms with E-state index in [0.29, 0.717) is 5.75 Å². The lowest BCUT2D eigenvalue weighted by Gasteiger charge is -2.13. The van der Waals surface area contributed by atoms with Crippen LogP contribution >= 0.6 is 0 Å². The minimum atomic E-state index is 0. The quantitative estimate of drug-likeness (QED) is 0.342. The number of hydrogen-bond donors (Lipinski definition) is 0. The van der Waals surface area contributed by atoms with Crippen LogP contribution < -0.4 is 45.4 Å². The number of methoxy groups -OCH3 is 2. The van der Waals surface area contributed by atoms with Crippen LogP contribution in [0.2, 0.25) is 0 Å². The summed E-state index contributed by atoms with van der Waals surface area (Å²) in [6.45, 7) is 0.419. The number of benzene rings is 3. The molecule has 0 bridgehead atoms. The van der Waals surface area contributed by atoms with Gasteiger partial charge in [0.15, 0.2) is 29.2 Å². The van der Waals surface area contributed by atoms with Gasteiger partial charge < -0.3 is 40.8 Å². The number of pyridine rings is 1. The first kappa shape index (κ1) is 18.7. The maximum atomic E-state index is 5.76. The Morgan fingerprint density at radius 3 is 2.13 bits per heavy atom. The van der Waals surface area contributed by atoms with Gasteiger partial charge in [0.25, 0.3) is 0 Å². The first-order valence-corrected chi connectivity index (χ1v) is 9.22. The predicted molar refractivity (Wildman–Crippen MR) is 105 cm³/mol. The minimum Gasteiger partial charge on any atom is -1.00 e. The molecule has 0 fully saturated rings. The first-order chi connectivity index (χ1) is 14.2. The number of ether oxygens (including phenoxy) is 6. The van der Waals surface area contributed by atoms with Crippen LogP contribution in [0.15, 0.2) is 30.5 Å². The summed E-state index contributed by atoms with van der Waals surface area (Å²) in [5.74, 6) is 4.33. The summed E-state index contributed by atoms with van der Waals surface area (Å²) >= 11 is 0. The molecule has 3 aromatic carbocycles. The Balaban J connectivity index is 0.00000193. The molecule has 3 heterocycles. The zero-order valence-electron chi connectivity index (χ0n) is 16.6. The monoisotopic (exact) mass is 427 g/mol. The van der Waals surface area contributed by atoms with Gasteiger partial charge in [0.05, 0.1) is 30.4 Å². The van der Waals surface area contributed by atoms with E-state index >= 15 is 0 Å². The fraction of sp³-hybridized carbons (Fsp3) is 0.227. The third-order valence-corrected chi connectivity index (χ3v) is 5.61. The molecular formula is C22H18ClNO6. The van der Waals surface area contributed by atoms with E-state index in [1.54, 1.807) is 14.2 Å². The van der Waals surface area contributed by atoms with Crippen molar-refractivity contribution in [2.75, 3.05) is 27.8 Å². The van der Waals surface area contributed by atoms with E-state index in [4.69, 9.17) is 28.4 Å². The van der Waals surface area contributed by atoms with E-state index in [0.717, 1.165) is 61.2 Å². The number of aryl methyl sites for hydroxylation is 1. The average molecular weight is 428 g/mol. The highest BCUT2D eigenvalue weighted by molar-refractivity contribution is 6.18. The summed E-state index contributed by atoms with van der Waals surface area (Å²) in [6.07, 6.45) is 2.05. The molecule has 0 atom stereocenters. The second-order valence-corrected chi connectivity index (χ2v) is 7.07. The van der Waals surface area contributed by atoms with E-state index in [1.165, 1.54) is 0 Å². The zero-order chi connectivity index (χ0) is 19.7. The van der Waals surface area contributed by atoms with Crippen molar-refractivity contribution in [3.05, 3.63) is 30.5 Å². The fourth-order valence-corrected chi connectivity index (χ4v) is 4.37. The van der Waals surface area contributed by atoms with E-state index in [9.17, 15) is 0 Å². The minimum absolute atomic E-state index is 0. The Bertz CT molecular complexity index is 1350. The maximum absolute atomic E-state index is 5.76. The van der Waals surface area contributed by atoms with Crippen LogP contribution in [-0.2, 0) is 7.05 Å². The van der Waals surface area contributed by atoms with Crippen molar-refractivity contribution in [1.29, 1.82) is 0 Å². The lowest BCUT2D eigenvalue weighted by atomic mass is 9.98. The summed E-state index contributed by atoms with van der Waals surface area (Å²) in [5, 5.41) is 4.83. The molecule has 2 aliphatic rings. The van der Waals surface area contributed by atoms with Gasteiger partial charge in [0.2, 0.25) is 19.1 Å². The lowest BCUT2D eigenvalue weighted by Crippen LogP contribution is -3.00.